The lowest BCUT2D eigenvalue weighted by molar-refractivity contribution is -0.0171. The van der Waals surface area contributed by atoms with Gasteiger partial charge in [0.2, 0.25) is 0 Å². The Labute approximate surface area is 113 Å². The van der Waals surface area contributed by atoms with Crippen LogP contribution in [0.25, 0.3) is 0 Å². The van der Waals surface area contributed by atoms with Crippen molar-refractivity contribution in [1.82, 2.24) is 4.90 Å². The zero-order chi connectivity index (χ0) is 13.1. The van der Waals surface area contributed by atoms with Crippen LogP contribution in [0.3, 0.4) is 0 Å². The van der Waals surface area contributed by atoms with Gasteiger partial charge < -0.3 is 9.47 Å². The summed E-state index contributed by atoms with van der Waals surface area (Å²) in [5.41, 5.74) is 0. The van der Waals surface area contributed by atoms with Crippen molar-refractivity contribution in [3.8, 4) is 5.75 Å². The van der Waals surface area contributed by atoms with E-state index in [-0.39, 0.29) is 11.9 Å². The summed E-state index contributed by atoms with van der Waals surface area (Å²) in [5.74, 6) is 1.22. The van der Waals surface area contributed by atoms with Crippen LogP contribution in [0.2, 0.25) is 0 Å². The van der Waals surface area contributed by atoms with Crippen molar-refractivity contribution in [2.24, 2.45) is 5.92 Å². The number of hydrogen-bond acceptors (Lipinski definition) is 3. The van der Waals surface area contributed by atoms with Crippen LogP contribution < -0.4 is 4.74 Å². The summed E-state index contributed by atoms with van der Waals surface area (Å²) >= 11 is 0. The summed E-state index contributed by atoms with van der Waals surface area (Å²) in [6.45, 7) is 4.87. The summed E-state index contributed by atoms with van der Waals surface area (Å²) < 4.78 is 24.0. The smallest absolute Gasteiger partial charge is 0.124 e. The van der Waals surface area contributed by atoms with E-state index < -0.39 is 0 Å². The molecule has 1 aromatic carbocycles. The molecule has 0 aromatic heterocycles. The van der Waals surface area contributed by atoms with E-state index in [0.717, 1.165) is 38.6 Å². The predicted molar refractivity (Wildman–Crippen MR) is 70.8 cm³/mol. The second-order valence-corrected chi connectivity index (χ2v) is 5.50. The fourth-order valence-electron chi connectivity index (χ4n) is 2.77. The molecule has 2 heterocycles. The van der Waals surface area contributed by atoms with Crippen molar-refractivity contribution in [2.75, 3.05) is 32.8 Å². The Kier molecular flexibility index (Phi) is 3.99. The number of benzene rings is 1. The van der Waals surface area contributed by atoms with Gasteiger partial charge in [0.25, 0.3) is 0 Å². The molecule has 3 nitrogen and oxygen atoms in total. The Morgan fingerprint density at radius 1 is 1.26 bits per heavy atom. The van der Waals surface area contributed by atoms with Crippen LogP contribution in [0.15, 0.2) is 24.3 Å². The maximum Gasteiger partial charge on any atom is 0.124 e. The minimum Gasteiger partial charge on any atom is -0.488 e. The number of nitrogens with zero attached hydrogens (tertiary/aromatic N) is 1. The summed E-state index contributed by atoms with van der Waals surface area (Å²) in [5, 5.41) is 0. The molecule has 4 heteroatoms. The van der Waals surface area contributed by atoms with Gasteiger partial charge in [-0.2, -0.15) is 0 Å². The van der Waals surface area contributed by atoms with E-state index in [1.807, 2.05) is 0 Å². The van der Waals surface area contributed by atoms with Crippen LogP contribution in [0.4, 0.5) is 4.39 Å². The minimum atomic E-state index is -0.222. The minimum absolute atomic E-state index is 0.222. The molecule has 2 aliphatic heterocycles. The standard InChI is InChI=1S/C15H20FNO2/c16-13-3-5-14(6-4-13)19-15-9-17(10-15)8-12-2-1-7-18-11-12/h3-6,12,15H,1-2,7-11H2. The Balaban J connectivity index is 1.39. The Morgan fingerprint density at radius 3 is 2.74 bits per heavy atom. The average Bonchev–Trinajstić information content (AvgIpc) is 2.40. The zero-order valence-electron chi connectivity index (χ0n) is 11.1. The molecule has 0 radical (unpaired) electrons. The van der Waals surface area contributed by atoms with Crippen LogP contribution in [0.5, 0.6) is 5.75 Å². The molecule has 0 saturated carbocycles. The lowest BCUT2D eigenvalue weighted by Gasteiger charge is -2.41. The highest BCUT2D eigenvalue weighted by Gasteiger charge is 2.30. The van der Waals surface area contributed by atoms with E-state index in [1.54, 1.807) is 12.1 Å². The van der Waals surface area contributed by atoms with Gasteiger partial charge in [-0.15, -0.1) is 0 Å². The third-order valence-electron chi connectivity index (χ3n) is 3.81. The van der Waals surface area contributed by atoms with Gasteiger partial charge in [-0.1, -0.05) is 0 Å². The lowest BCUT2D eigenvalue weighted by Crippen LogP contribution is -2.55. The van der Waals surface area contributed by atoms with Gasteiger partial charge in [-0.25, -0.2) is 4.39 Å². The molecular weight excluding hydrogens is 245 g/mol. The molecule has 2 fully saturated rings. The lowest BCUT2D eigenvalue weighted by atomic mass is 9.99. The third kappa shape index (κ3) is 3.45. The molecule has 1 atom stereocenters. The highest BCUT2D eigenvalue weighted by molar-refractivity contribution is 5.22. The van der Waals surface area contributed by atoms with E-state index in [1.165, 1.54) is 25.0 Å². The number of halogens is 1. The predicted octanol–water partition coefficient (Wildman–Crippen LogP) is 2.32. The molecular formula is C15H20FNO2. The van der Waals surface area contributed by atoms with Crippen LogP contribution in [-0.2, 0) is 4.74 Å². The van der Waals surface area contributed by atoms with Gasteiger partial charge in [0.1, 0.15) is 17.7 Å². The number of hydrogen-bond donors (Lipinski definition) is 0. The fraction of sp³-hybridized carbons (Fsp3) is 0.600. The van der Waals surface area contributed by atoms with Crippen molar-refractivity contribution in [3.63, 3.8) is 0 Å². The summed E-state index contributed by atoms with van der Waals surface area (Å²) in [4.78, 5) is 2.41. The molecule has 19 heavy (non-hydrogen) atoms. The van der Waals surface area contributed by atoms with Crippen molar-refractivity contribution in [2.45, 2.75) is 18.9 Å². The Bertz CT molecular complexity index is 397. The van der Waals surface area contributed by atoms with E-state index >= 15 is 0 Å². The van der Waals surface area contributed by atoms with E-state index in [4.69, 9.17) is 9.47 Å². The monoisotopic (exact) mass is 265 g/mol. The molecule has 0 bridgehead atoms. The number of ether oxygens (including phenoxy) is 2. The van der Waals surface area contributed by atoms with Gasteiger partial charge in [0.15, 0.2) is 0 Å². The first-order valence-electron chi connectivity index (χ1n) is 7.02. The van der Waals surface area contributed by atoms with Gasteiger partial charge >= 0.3 is 0 Å². The highest BCUT2D eigenvalue weighted by atomic mass is 19.1. The highest BCUT2D eigenvalue weighted by Crippen LogP contribution is 2.21. The fourth-order valence-corrected chi connectivity index (χ4v) is 2.77. The third-order valence-corrected chi connectivity index (χ3v) is 3.81. The van der Waals surface area contributed by atoms with Gasteiger partial charge in [-0.05, 0) is 43.0 Å². The quantitative estimate of drug-likeness (QED) is 0.834. The SMILES string of the molecule is Fc1ccc(OC2CN(CC3CCCOC3)C2)cc1. The van der Waals surface area contributed by atoms with Gasteiger partial charge in [-0.3, -0.25) is 4.90 Å². The van der Waals surface area contributed by atoms with Crippen LogP contribution >= 0.6 is 0 Å². The maximum absolute atomic E-state index is 12.8. The Hall–Kier alpha value is -1.13. The maximum atomic E-state index is 12.8. The first-order chi connectivity index (χ1) is 9.29. The molecule has 0 amide bonds. The average molecular weight is 265 g/mol. The topological polar surface area (TPSA) is 21.7 Å². The second-order valence-electron chi connectivity index (χ2n) is 5.50. The van der Waals surface area contributed by atoms with Crippen molar-refractivity contribution >= 4 is 0 Å². The largest absolute Gasteiger partial charge is 0.488 e. The molecule has 0 aliphatic carbocycles. The zero-order valence-corrected chi connectivity index (χ0v) is 11.1. The summed E-state index contributed by atoms with van der Waals surface area (Å²) in [6, 6.07) is 6.25. The summed E-state index contributed by atoms with van der Waals surface area (Å²) in [7, 11) is 0. The number of likely N-dealkylation sites (tertiary alicyclic amines) is 1. The van der Waals surface area contributed by atoms with Gasteiger partial charge in [0.05, 0.1) is 6.61 Å². The normalized spacial score (nSPS) is 25.0. The van der Waals surface area contributed by atoms with Crippen molar-refractivity contribution in [3.05, 3.63) is 30.1 Å². The molecule has 3 rings (SSSR count). The van der Waals surface area contributed by atoms with E-state index in [0.29, 0.717) is 5.92 Å². The molecule has 2 aliphatic rings. The number of rotatable bonds is 4. The Morgan fingerprint density at radius 2 is 2.05 bits per heavy atom. The first kappa shape index (κ1) is 12.9. The first-order valence-corrected chi connectivity index (χ1v) is 7.02. The van der Waals surface area contributed by atoms with Crippen molar-refractivity contribution in [1.29, 1.82) is 0 Å². The van der Waals surface area contributed by atoms with E-state index in [2.05, 4.69) is 4.90 Å². The molecule has 1 unspecified atom stereocenters. The van der Waals surface area contributed by atoms with Crippen LogP contribution in [0, 0.1) is 11.7 Å². The molecule has 0 spiro atoms. The van der Waals surface area contributed by atoms with Crippen molar-refractivity contribution < 1.29 is 13.9 Å². The molecule has 104 valence electrons. The van der Waals surface area contributed by atoms with Crippen LogP contribution in [-0.4, -0.2) is 43.9 Å². The van der Waals surface area contributed by atoms with Crippen LogP contribution in [0.1, 0.15) is 12.8 Å². The second kappa shape index (κ2) is 5.88. The molecule has 1 aromatic rings. The summed E-state index contributed by atoms with van der Waals surface area (Å²) in [6.07, 6.45) is 2.71. The van der Waals surface area contributed by atoms with Gasteiger partial charge in [0, 0.05) is 26.2 Å². The molecule has 2 saturated heterocycles. The van der Waals surface area contributed by atoms with E-state index in [9.17, 15) is 4.39 Å². The molecule has 0 N–H and O–H groups in total.